The van der Waals surface area contributed by atoms with E-state index >= 15 is 0 Å². The molecule has 0 saturated heterocycles. The third-order valence-corrected chi connectivity index (χ3v) is 2.38. The topological polar surface area (TPSA) is 44.8 Å². The molecule has 2 rings (SSSR count). The Balaban J connectivity index is 2.35. The molecule has 0 atom stereocenters. The van der Waals surface area contributed by atoms with Crippen molar-refractivity contribution < 1.29 is 19.0 Å². The highest BCUT2D eigenvalue weighted by Crippen LogP contribution is 2.33. The van der Waals surface area contributed by atoms with Crippen LogP contribution in [0.25, 0.3) is 0 Å². The van der Waals surface area contributed by atoms with Crippen molar-refractivity contribution in [2.24, 2.45) is 0 Å². The number of carbonyl (C=O) groups is 1. The van der Waals surface area contributed by atoms with Gasteiger partial charge < -0.3 is 14.2 Å². The number of hydrogen-bond donors (Lipinski definition) is 0. The molecule has 4 nitrogen and oxygen atoms in total. The summed E-state index contributed by atoms with van der Waals surface area (Å²) in [4.78, 5) is 11.6. The van der Waals surface area contributed by atoms with E-state index in [9.17, 15) is 4.79 Å². The third-order valence-electron chi connectivity index (χ3n) is 2.38. The first kappa shape index (κ1) is 10.8. The van der Waals surface area contributed by atoms with Gasteiger partial charge in [-0.25, -0.2) is 4.79 Å². The molecular formula is C12H14O4. The van der Waals surface area contributed by atoms with E-state index in [2.05, 4.69) is 0 Å². The summed E-state index contributed by atoms with van der Waals surface area (Å²) in [6, 6.07) is 3.49. The second-order valence-corrected chi connectivity index (χ2v) is 3.53. The second-order valence-electron chi connectivity index (χ2n) is 3.53. The molecule has 0 N–H and O–H groups in total. The first-order valence-corrected chi connectivity index (χ1v) is 5.29. The van der Waals surface area contributed by atoms with E-state index in [1.807, 2.05) is 6.92 Å². The molecule has 1 heterocycles. The van der Waals surface area contributed by atoms with Gasteiger partial charge in [-0.2, -0.15) is 0 Å². The summed E-state index contributed by atoms with van der Waals surface area (Å²) in [7, 11) is 0. The predicted molar refractivity (Wildman–Crippen MR) is 58.1 cm³/mol. The first-order chi connectivity index (χ1) is 7.72. The van der Waals surface area contributed by atoms with Crippen LogP contribution in [0.15, 0.2) is 12.1 Å². The smallest absolute Gasteiger partial charge is 0.338 e. The van der Waals surface area contributed by atoms with Crippen LogP contribution in [-0.4, -0.2) is 25.8 Å². The van der Waals surface area contributed by atoms with Crippen molar-refractivity contribution in [3.63, 3.8) is 0 Å². The zero-order valence-electron chi connectivity index (χ0n) is 9.41. The third kappa shape index (κ3) is 1.96. The largest absolute Gasteiger partial charge is 0.486 e. The van der Waals surface area contributed by atoms with E-state index in [0.29, 0.717) is 36.9 Å². The summed E-state index contributed by atoms with van der Waals surface area (Å²) in [6.45, 7) is 5.06. The maximum absolute atomic E-state index is 11.6. The molecule has 86 valence electrons. The monoisotopic (exact) mass is 222 g/mol. The Bertz CT molecular complexity index is 412. The second kappa shape index (κ2) is 4.43. The number of hydrogen-bond acceptors (Lipinski definition) is 4. The molecule has 1 aromatic carbocycles. The van der Waals surface area contributed by atoms with Crippen LogP contribution < -0.4 is 9.47 Å². The lowest BCUT2D eigenvalue weighted by Crippen LogP contribution is -2.17. The van der Waals surface area contributed by atoms with Crippen molar-refractivity contribution in [2.45, 2.75) is 13.8 Å². The molecule has 1 aliphatic heterocycles. The van der Waals surface area contributed by atoms with Crippen LogP contribution in [0.5, 0.6) is 11.5 Å². The Morgan fingerprint density at radius 3 is 2.56 bits per heavy atom. The molecule has 0 aromatic heterocycles. The number of rotatable bonds is 2. The Kier molecular flexibility index (Phi) is 2.99. The van der Waals surface area contributed by atoms with Crippen molar-refractivity contribution in [1.82, 2.24) is 0 Å². The highest BCUT2D eigenvalue weighted by Gasteiger charge is 2.18. The van der Waals surface area contributed by atoms with Crippen molar-refractivity contribution >= 4 is 5.97 Å². The quantitative estimate of drug-likeness (QED) is 0.717. The average Bonchev–Trinajstić information content (AvgIpc) is 2.28. The van der Waals surface area contributed by atoms with Gasteiger partial charge in [-0.1, -0.05) is 0 Å². The highest BCUT2D eigenvalue weighted by molar-refractivity contribution is 5.92. The summed E-state index contributed by atoms with van der Waals surface area (Å²) in [5, 5.41) is 0. The number of ether oxygens (including phenoxy) is 3. The lowest BCUT2D eigenvalue weighted by atomic mass is 10.1. The lowest BCUT2D eigenvalue weighted by molar-refractivity contribution is 0.0524. The molecule has 1 aromatic rings. The maximum atomic E-state index is 11.6. The zero-order chi connectivity index (χ0) is 11.5. The molecule has 0 radical (unpaired) electrons. The minimum absolute atomic E-state index is 0.322. The molecule has 0 amide bonds. The van der Waals surface area contributed by atoms with Gasteiger partial charge in [0.1, 0.15) is 13.2 Å². The van der Waals surface area contributed by atoms with Gasteiger partial charge >= 0.3 is 5.97 Å². The van der Waals surface area contributed by atoms with Crippen molar-refractivity contribution in [2.75, 3.05) is 19.8 Å². The standard InChI is InChI=1S/C12H14O4/c1-3-14-12(13)9-7-11-10(6-8(9)2)15-4-5-16-11/h6-7H,3-5H2,1-2H3. The van der Waals surface area contributed by atoms with E-state index in [4.69, 9.17) is 14.2 Å². The van der Waals surface area contributed by atoms with Crippen LogP contribution >= 0.6 is 0 Å². The summed E-state index contributed by atoms with van der Waals surface area (Å²) in [5.41, 5.74) is 1.37. The van der Waals surface area contributed by atoms with Gasteiger partial charge in [0.2, 0.25) is 0 Å². The number of benzene rings is 1. The number of aryl methyl sites for hydroxylation is 1. The fourth-order valence-corrected chi connectivity index (χ4v) is 1.62. The van der Waals surface area contributed by atoms with Crippen LogP contribution in [0.1, 0.15) is 22.8 Å². The fraction of sp³-hybridized carbons (Fsp3) is 0.417. The van der Waals surface area contributed by atoms with Gasteiger partial charge in [0.15, 0.2) is 11.5 Å². The SMILES string of the molecule is CCOC(=O)c1cc2c(cc1C)OCCO2. The van der Waals surface area contributed by atoms with Crippen LogP contribution in [0.3, 0.4) is 0 Å². The molecule has 0 spiro atoms. The number of carbonyl (C=O) groups excluding carboxylic acids is 1. The van der Waals surface area contributed by atoms with Crippen LogP contribution in [0, 0.1) is 6.92 Å². The van der Waals surface area contributed by atoms with E-state index in [1.165, 1.54) is 0 Å². The Hall–Kier alpha value is -1.71. The molecule has 4 heteroatoms. The summed E-state index contributed by atoms with van der Waals surface area (Å²) in [6.07, 6.45) is 0. The Labute approximate surface area is 94.1 Å². The molecule has 16 heavy (non-hydrogen) atoms. The number of esters is 1. The van der Waals surface area contributed by atoms with Gasteiger partial charge in [0, 0.05) is 0 Å². The highest BCUT2D eigenvalue weighted by atomic mass is 16.6. The minimum atomic E-state index is -0.322. The molecule has 0 unspecified atom stereocenters. The van der Waals surface area contributed by atoms with Crippen molar-refractivity contribution in [3.8, 4) is 11.5 Å². The van der Waals surface area contributed by atoms with E-state index in [-0.39, 0.29) is 5.97 Å². The van der Waals surface area contributed by atoms with Gasteiger partial charge in [-0.05, 0) is 31.5 Å². The summed E-state index contributed by atoms with van der Waals surface area (Å²) in [5.74, 6) is 0.980. The Morgan fingerprint density at radius 1 is 1.31 bits per heavy atom. The molecule has 0 aliphatic carbocycles. The maximum Gasteiger partial charge on any atom is 0.338 e. The molecule has 0 bridgehead atoms. The first-order valence-electron chi connectivity index (χ1n) is 5.29. The van der Waals surface area contributed by atoms with Crippen molar-refractivity contribution in [1.29, 1.82) is 0 Å². The van der Waals surface area contributed by atoms with Crippen LogP contribution in [-0.2, 0) is 4.74 Å². The normalized spacial score (nSPS) is 13.4. The molecule has 0 saturated carbocycles. The number of fused-ring (bicyclic) bond motifs is 1. The fourth-order valence-electron chi connectivity index (χ4n) is 1.62. The van der Waals surface area contributed by atoms with E-state index < -0.39 is 0 Å². The van der Waals surface area contributed by atoms with Gasteiger partial charge in [0.25, 0.3) is 0 Å². The van der Waals surface area contributed by atoms with Crippen LogP contribution in [0.4, 0.5) is 0 Å². The molecular weight excluding hydrogens is 208 g/mol. The predicted octanol–water partition coefficient (Wildman–Crippen LogP) is 1.94. The van der Waals surface area contributed by atoms with Gasteiger partial charge in [-0.15, -0.1) is 0 Å². The Morgan fingerprint density at radius 2 is 1.94 bits per heavy atom. The van der Waals surface area contributed by atoms with Crippen molar-refractivity contribution in [3.05, 3.63) is 23.3 Å². The average molecular weight is 222 g/mol. The molecule has 1 aliphatic rings. The minimum Gasteiger partial charge on any atom is -0.486 e. The summed E-state index contributed by atoms with van der Waals surface area (Å²) >= 11 is 0. The summed E-state index contributed by atoms with van der Waals surface area (Å²) < 4.78 is 15.8. The lowest BCUT2D eigenvalue weighted by Gasteiger charge is -2.19. The van der Waals surface area contributed by atoms with E-state index in [0.717, 1.165) is 5.56 Å². The molecule has 0 fully saturated rings. The van der Waals surface area contributed by atoms with Crippen LogP contribution in [0.2, 0.25) is 0 Å². The van der Waals surface area contributed by atoms with Gasteiger partial charge in [0.05, 0.1) is 12.2 Å². The van der Waals surface area contributed by atoms with Gasteiger partial charge in [-0.3, -0.25) is 0 Å². The van der Waals surface area contributed by atoms with E-state index in [1.54, 1.807) is 19.1 Å². The zero-order valence-corrected chi connectivity index (χ0v) is 9.41.